The van der Waals surface area contributed by atoms with Gasteiger partial charge in [0.05, 0.1) is 44.3 Å². The van der Waals surface area contributed by atoms with Gasteiger partial charge < -0.3 is 34.3 Å². The largest absolute Gasteiger partial charge is 0.453 e. The minimum Gasteiger partial charge on any atom is -0.453 e. The Morgan fingerprint density at radius 1 is 1.18 bits per heavy atom. The summed E-state index contributed by atoms with van der Waals surface area (Å²) >= 11 is 0. The minimum absolute atomic E-state index is 0.0698. The van der Waals surface area contributed by atoms with Crippen molar-refractivity contribution in [2.75, 3.05) is 62.7 Å². The maximum absolute atomic E-state index is 15.1. The number of piperazine rings is 1. The number of nitrogens with zero attached hydrogens (tertiary/aromatic N) is 6. The van der Waals surface area contributed by atoms with Crippen LogP contribution < -0.4 is 20.4 Å². The molecular weight excluding hydrogens is 527 g/mol. The van der Waals surface area contributed by atoms with Crippen molar-refractivity contribution in [3.63, 3.8) is 0 Å². The van der Waals surface area contributed by atoms with E-state index in [4.69, 9.17) is 4.74 Å². The van der Waals surface area contributed by atoms with Crippen LogP contribution in [0.25, 0.3) is 5.65 Å². The number of imidazole rings is 1. The van der Waals surface area contributed by atoms with Gasteiger partial charge in [-0.25, -0.2) is 19.0 Å². The van der Waals surface area contributed by atoms with E-state index in [0.717, 1.165) is 0 Å². The van der Waals surface area contributed by atoms with Crippen molar-refractivity contribution in [3.8, 4) is 0 Å². The Hall–Kier alpha value is -4.95. The first-order chi connectivity index (χ1) is 19.3. The molecule has 1 unspecified atom stereocenters. The molecule has 1 aromatic carbocycles. The van der Waals surface area contributed by atoms with Crippen LogP contribution in [-0.2, 0) is 14.3 Å². The first kappa shape index (κ1) is 26.6. The molecule has 5 rings (SSSR count). The Morgan fingerprint density at radius 2 is 1.98 bits per heavy atom. The number of anilines is 2. The molecule has 4 amide bonds. The maximum Gasteiger partial charge on any atom is 0.414 e. The summed E-state index contributed by atoms with van der Waals surface area (Å²) in [6.45, 7) is 1.52. The van der Waals surface area contributed by atoms with Crippen LogP contribution >= 0.6 is 0 Å². The van der Waals surface area contributed by atoms with Gasteiger partial charge >= 0.3 is 12.2 Å². The maximum atomic E-state index is 15.1. The van der Waals surface area contributed by atoms with E-state index in [1.807, 2.05) is 4.90 Å². The van der Waals surface area contributed by atoms with E-state index in [1.54, 1.807) is 40.0 Å². The molecule has 0 spiro atoms. The molecule has 4 heterocycles. The summed E-state index contributed by atoms with van der Waals surface area (Å²) in [5.41, 5.74) is 1.38. The number of methoxy groups -OCH3 is 1. The van der Waals surface area contributed by atoms with Crippen molar-refractivity contribution in [2.24, 2.45) is 0 Å². The van der Waals surface area contributed by atoms with E-state index in [1.165, 1.54) is 24.3 Å². The molecule has 2 aliphatic heterocycles. The number of ether oxygens (including phenoxy) is 2. The first-order valence-corrected chi connectivity index (χ1v) is 12.5. The van der Waals surface area contributed by atoms with E-state index in [-0.39, 0.29) is 31.2 Å². The van der Waals surface area contributed by atoms with Gasteiger partial charge in [0.25, 0.3) is 5.91 Å². The molecule has 2 fully saturated rings. The van der Waals surface area contributed by atoms with Crippen molar-refractivity contribution in [1.29, 1.82) is 0 Å². The second-order valence-corrected chi connectivity index (χ2v) is 9.14. The number of alkyl carbamates (subject to hydrolysis) is 1. The van der Waals surface area contributed by atoms with Crippen molar-refractivity contribution in [1.82, 2.24) is 29.9 Å². The number of amides is 4. The molecule has 15 heteroatoms. The number of fused-ring (bicyclic) bond motifs is 1. The fourth-order valence-corrected chi connectivity index (χ4v) is 4.54. The van der Waals surface area contributed by atoms with E-state index >= 15 is 4.39 Å². The molecule has 2 N–H and O–H groups in total. The molecule has 2 aromatic heterocycles. The summed E-state index contributed by atoms with van der Waals surface area (Å²) in [6.07, 6.45) is 4.46. The van der Waals surface area contributed by atoms with Crippen molar-refractivity contribution in [3.05, 3.63) is 54.5 Å². The Balaban J connectivity index is 1.11. The van der Waals surface area contributed by atoms with Crippen molar-refractivity contribution in [2.45, 2.75) is 6.10 Å². The average molecular weight is 555 g/mol. The van der Waals surface area contributed by atoms with Gasteiger partial charge in [-0.15, -0.1) is 0 Å². The molecule has 14 nitrogen and oxygen atoms in total. The average Bonchev–Trinajstić information content (AvgIpc) is 3.58. The second kappa shape index (κ2) is 11.4. The predicted octanol–water partition coefficient (Wildman–Crippen LogP) is 0.628. The molecule has 40 heavy (non-hydrogen) atoms. The third-order valence-electron chi connectivity index (χ3n) is 6.65. The number of carbonyl (C=O) groups excluding carboxylic acids is 4. The summed E-state index contributed by atoms with van der Waals surface area (Å²) in [5, 5.41) is 5.06. The summed E-state index contributed by atoms with van der Waals surface area (Å²) in [6, 6.07) is 4.47. The fourth-order valence-electron chi connectivity index (χ4n) is 4.54. The molecule has 0 aliphatic carbocycles. The van der Waals surface area contributed by atoms with E-state index in [2.05, 4.69) is 25.3 Å². The van der Waals surface area contributed by atoms with Crippen LogP contribution in [0.5, 0.6) is 0 Å². The highest BCUT2D eigenvalue weighted by atomic mass is 19.1. The van der Waals surface area contributed by atoms with Crippen LogP contribution in [0.4, 0.5) is 25.4 Å². The smallest absolute Gasteiger partial charge is 0.414 e. The molecule has 2 aliphatic rings. The number of rotatable bonds is 7. The number of carbonyl (C=O) groups is 4. The van der Waals surface area contributed by atoms with Gasteiger partial charge in [0.2, 0.25) is 5.91 Å². The van der Waals surface area contributed by atoms with Crippen LogP contribution in [0.1, 0.15) is 10.5 Å². The number of hydrogen-bond donors (Lipinski definition) is 2. The number of benzene rings is 1. The summed E-state index contributed by atoms with van der Waals surface area (Å²) in [4.78, 5) is 61.5. The monoisotopic (exact) mass is 554 g/mol. The van der Waals surface area contributed by atoms with Crippen molar-refractivity contribution >= 4 is 41.0 Å². The lowest BCUT2D eigenvalue weighted by Gasteiger charge is -2.36. The summed E-state index contributed by atoms with van der Waals surface area (Å²) < 4.78 is 26.5. The molecule has 0 saturated carbocycles. The standard InChI is InChI=1S/C25H27FN8O6/c1-39-24(37)29-11-17-14-34(25(38)40-17)16-2-3-20(18(26)10-16)31-6-8-32(9-7-31)22(35)13-28-23(36)19-15-33-5-4-27-12-21(33)30-19/h2-5,10,12,15,17H,6-9,11,13-14H2,1H3,(H,28,36)(H,29,37). The Kier molecular flexibility index (Phi) is 7.61. The van der Waals surface area contributed by atoms with Crippen LogP contribution in [0, 0.1) is 5.82 Å². The Morgan fingerprint density at radius 3 is 2.70 bits per heavy atom. The summed E-state index contributed by atoms with van der Waals surface area (Å²) in [7, 11) is 1.23. The Bertz CT molecular complexity index is 1410. The highest BCUT2D eigenvalue weighted by Gasteiger charge is 2.33. The topological polar surface area (TPSA) is 151 Å². The minimum atomic E-state index is -0.641. The molecule has 0 radical (unpaired) electrons. The lowest BCUT2D eigenvalue weighted by atomic mass is 10.2. The van der Waals surface area contributed by atoms with Gasteiger partial charge in [0, 0.05) is 44.8 Å². The zero-order valence-electron chi connectivity index (χ0n) is 21.6. The molecule has 0 bridgehead atoms. The number of hydrogen-bond acceptors (Lipinski definition) is 9. The highest BCUT2D eigenvalue weighted by Crippen LogP contribution is 2.28. The quantitative estimate of drug-likeness (QED) is 0.429. The molecular formula is C25H27FN8O6. The molecule has 210 valence electrons. The number of cyclic esters (lactones) is 1. The van der Waals surface area contributed by atoms with E-state index in [0.29, 0.717) is 43.2 Å². The van der Waals surface area contributed by atoms with Crippen LogP contribution in [-0.4, -0.2) is 102 Å². The zero-order valence-corrected chi connectivity index (χ0v) is 21.6. The van der Waals surface area contributed by atoms with Gasteiger partial charge in [0.1, 0.15) is 17.6 Å². The van der Waals surface area contributed by atoms with Crippen molar-refractivity contribution < 1.29 is 33.0 Å². The van der Waals surface area contributed by atoms with Gasteiger partial charge in [0.15, 0.2) is 5.65 Å². The number of aromatic nitrogens is 3. The lowest BCUT2D eigenvalue weighted by Crippen LogP contribution is -2.51. The Labute approximate surface area is 227 Å². The van der Waals surface area contributed by atoms with E-state index in [9.17, 15) is 19.2 Å². The molecule has 1 atom stereocenters. The normalized spacial score (nSPS) is 17.1. The lowest BCUT2D eigenvalue weighted by molar-refractivity contribution is -0.130. The molecule has 3 aromatic rings. The van der Waals surface area contributed by atoms with Gasteiger partial charge in [-0.2, -0.15) is 0 Å². The van der Waals surface area contributed by atoms with Crippen LogP contribution in [0.15, 0.2) is 43.0 Å². The van der Waals surface area contributed by atoms with Gasteiger partial charge in [-0.3, -0.25) is 19.5 Å². The third-order valence-corrected chi connectivity index (χ3v) is 6.65. The fraction of sp³-hybridized carbons (Fsp3) is 0.360. The van der Waals surface area contributed by atoms with Gasteiger partial charge in [-0.1, -0.05) is 0 Å². The number of halogens is 1. The second-order valence-electron chi connectivity index (χ2n) is 9.14. The zero-order chi connectivity index (χ0) is 28.2. The number of nitrogens with one attached hydrogen (secondary N) is 2. The first-order valence-electron chi connectivity index (χ1n) is 12.5. The predicted molar refractivity (Wildman–Crippen MR) is 139 cm³/mol. The molecule has 2 saturated heterocycles. The van der Waals surface area contributed by atoms with Crippen LogP contribution in [0.2, 0.25) is 0 Å². The third kappa shape index (κ3) is 5.72. The SMILES string of the molecule is COC(=O)NCC1CN(c2ccc(N3CCN(C(=O)CNC(=O)c4cn5ccncc5n4)CC3)c(F)c2)C(=O)O1. The van der Waals surface area contributed by atoms with Crippen LogP contribution in [0.3, 0.4) is 0 Å². The summed E-state index contributed by atoms with van der Waals surface area (Å²) in [5.74, 6) is -1.24. The highest BCUT2D eigenvalue weighted by molar-refractivity contribution is 5.95. The van der Waals surface area contributed by atoms with Gasteiger partial charge in [-0.05, 0) is 18.2 Å². The van der Waals surface area contributed by atoms with E-state index < -0.39 is 30.0 Å².